The van der Waals surface area contributed by atoms with Crippen LogP contribution in [0.1, 0.15) is 43.7 Å². The first-order chi connectivity index (χ1) is 16.3. The summed E-state index contributed by atoms with van der Waals surface area (Å²) in [7, 11) is 0. The van der Waals surface area contributed by atoms with Gasteiger partial charge in [0.25, 0.3) is 0 Å². The zero-order valence-electron chi connectivity index (χ0n) is 18.7. The molecule has 188 valence electrons. The molecule has 1 heterocycles. The van der Waals surface area contributed by atoms with Crippen LogP contribution in [0.25, 0.3) is 0 Å². The topological polar surface area (TPSA) is 110 Å². The van der Waals surface area contributed by atoms with Gasteiger partial charge < -0.3 is 10.2 Å². The lowest BCUT2D eigenvalue weighted by molar-refractivity contribution is -0.192. The van der Waals surface area contributed by atoms with Crippen molar-refractivity contribution in [3.8, 4) is 6.07 Å². The minimum absolute atomic E-state index is 0.509. The normalized spacial score (nSPS) is 23.0. The fourth-order valence-electron chi connectivity index (χ4n) is 4.81. The van der Waals surface area contributed by atoms with Crippen LogP contribution >= 0.6 is 23.2 Å². The van der Waals surface area contributed by atoms with E-state index in [2.05, 4.69) is 11.4 Å². The minimum atomic E-state index is -5.08. The Balaban J connectivity index is 0.000000540. The van der Waals surface area contributed by atoms with Gasteiger partial charge in [-0.05, 0) is 48.2 Å². The molecule has 1 aliphatic rings. The number of halogens is 5. The molecule has 2 aromatic rings. The maximum atomic E-state index is 12.3. The Morgan fingerprint density at radius 2 is 1.60 bits per heavy atom. The number of carbonyl (C=O) groups is 2. The molecular formula is C24H23Cl2F3N2O4. The van der Waals surface area contributed by atoms with Crippen molar-refractivity contribution < 1.29 is 33.0 Å². The Morgan fingerprint density at radius 1 is 1.06 bits per heavy atom. The zero-order valence-corrected chi connectivity index (χ0v) is 20.2. The zero-order chi connectivity index (χ0) is 26.6. The average Bonchev–Trinajstić information content (AvgIpc) is 3.11. The molecule has 0 unspecified atom stereocenters. The molecule has 0 radical (unpaired) electrons. The number of benzene rings is 2. The van der Waals surface area contributed by atoms with Gasteiger partial charge in [-0.1, -0.05) is 61.3 Å². The molecule has 0 bridgehead atoms. The number of rotatable bonds is 5. The smallest absolute Gasteiger partial charge is 0.480 e. The van der Waals surface area contributed by atoms with Crippen LogP contribution < -0.4 is 5.32 Å². The average molecular weight is 531 g/mol. The number of nitriles is 1. The van der Waals surface area contributed by atoms with Crippen LogP contribution in [0.2, 0.25) is 10.0 Å². The predicted molar refractivity (Wildman–Crippen MR) is 124 cm³/mol. The van der Waals surface area contributed by atoms with E-state index in [1.807, 2.05) is 32.0 Å². The number of hydrogen-bond donors (Lipinski definition) is 3. The molecular weight excluding hydrogens is 508 g/mol. The first-order valence-corrected chi connectivity index (χ1v) is 11.3. The molecule has 0 spiro atoms. The highest BCUT2D eigenvalue weighted by atomic mass is 35.5. The molecule has 0 aromatic heterocycles. The van der Waals surface area contributed by atoms with E-state index < -0.39 is 41.0 Å². The molecule has 3 rings (SSSR count). The summed E-state index contributed by atoms with van der Waals surface area (Å²) < 4.78 is 31.7. The molecule has 1 saturated heterocycles. The molecule has 1 aliphatic heterocycles. The van der Waals surface area contributed by atoms with Gasteiger partial charge >= 0.3 is 18.1 Å². The Morgan fingerprint density at radius 3 is 2.00 bits per heavy atom. The van der Waals surface area contributed by atoms with Crippen LogP contribution in [0.5, 0.6) is 0 Å². The Labute approximate surface area is 210 Å². The molecule has 2 aromatic carbocycles. The molecule has 3 N–H and O–H groups in total. The standard InChI is InChI=1S/C22H22Cl2N2O2.C2HF3O2/c1-3-21(4-2)22(13-25,15-8-10-16(23)11-9-15)18(19(26-21)20(27)28)14-6-5-7-17(24)12-14;3-2(4,5)1(6)7/h5-12,18-19,26H,3-4H2,1-2H3,(H,27,28);(H,6,7)/t18-,19+,22+;/m0./s1. The summed E-state index contributed by atoms with van der Waals surface area (Å²) in [6, 6.07) is 15.9. The van der Waals surface area contributed by atoms with E-state index in [0.29, 0.717) is 22.9 Å². The van der Waals surface area contributed by atoms with E-state index in [0.717, 1.165) is 11.1 Å². The molecule has 35 heavy (non-hydrogen) atoms. The summed E-state index contributed by atoms with van der Waals surface area (Å²) in [5, 5.41) is 32.1. The van der Waals surface area contributed by atoms with Crippen LogP contribution in [-0.4, -0.2) is 39.9 Å². The van der Waals surface area contributed by atoms with Crippen LogP contribution in [-0.2, 0) is 15.0 Å². The van der Waals surface area contributed by atoms with E-state index in [1.165, 1.54) is 0 Å². The van der Waals surface area contributed by atoms with E-state index in [-0.39, 0.29) is 0 Å². The number of nitrogens with zero attached hydrogens (tertiary/aromatic N) is 1. The number of aliphatic carboxylic acids is 2. The van der Waals surface area contributed by atoms with Crippen molar-refractivity contribution in [2.45, 2.75) is 55.8 Å². The lowest BCUT2D eigenvalue weighted by Gasteiger charge is -2.43. The van der Waals surface area contributed by atoms with E-state index in [4.69, 9.17) is 33.1 Å². The van der Waals surface area contributed by atoms with Crippen LogP contribution in [0.4, 0.5) is 13.2 Å². The summed E-state index contributed by atoms with van der Waals surface area (Å²) >= 11 is 12.3. The van der Waals surface area contributed by atoms with Gasteiger partial charge in [0, 0.05) is 21.5 Å². The first kappa shape index (κ1) is 28.4. The largest absolute Gasteiger partial charge is 0.490 e. The number of nitrogens with one attached hydrogen (secondary N) is 1. The van der Waals surface area contributed by atoms with Crippen LogP contribution in [0.15, 0.2) is 48.5 Å². The number of carboxylic acid groups (broad SMARTS) is 2. The third-order valence-electron chi connectivity index (χ3n) is 6.39. The first-order valence-electron chi connectivity index (χ1n) is 10.5. The lowest BCUT2D eigenvalue weighted by atomic mass is 9.58. The Hall–Kier alpha value is -2.80. The summed E-state index contributed by atoms with van der Waals surface area (Å²) in [6.45, 7) is 3.97. The van der Waals surface area contributed by atoms with E-state index in [9.17, 15) is 28.3 Å². The van der Waals surface area contributed by atoms with Gasteiger partial charge in [-0.25, -0.2) is 4.79 Å². The lowest BCUT2D eigenvalue weighted by Crippen LogP contribution is -2.54. The predicted octanol–water partition coefficient (Wildman–Crippen LogP) is 5.79. The van der Waals surface area contributed by atoms with Crippen molar-refractivity contribution in [1.29, 1.82) is 5.26 Å². The van der Waals surface area contributed by atoms with E-state index >= 15 is 0 Å². The highest BCUT2D eigenvalue weighted by Crippen LogP contribution is 2.56. The van der Waals surface area contributed by atoms with Crippen molar-refractivity contribution in [2.24, 2.45) is 0 Å². The highest BCUT2D eigenvalue weighted by molar-refractivity contribution is 6.30. The van der Waals surface area contributed by atoms with Crippen molar-refractivity contribution in [1.82, 2.24) is 5.32 Å². The summed E-state index contributed by atoms with van der Waals surface area (Å²) in [5.41, 5.74) is -0.336. The quantitative estimate of drug-likeness (QED) is 0.451. The second kappa shape index (κ2) is 10.9. The second-order valence-corrected chi connectivity index (χ2v) is 8.88. The summed E-state index contributed by atoms with van der Waals surface area (Å²) in [5.74, 6) is -4.36. The summed E-state index contributed by atoms with van der Waals surface area (Å²) in [6.07, 6.45) is -3.89. The van der Waals surface area contributed by atoms with Crippen molar-refractivity contribution in [2.75, 3.05) is 0 Å². The third kappa shape index (κ3) is 5.40. The third-order valence-corrected chi connectivity index (χ3v) is 6.87. The van der Waals surface area contributed by atoms with Gasteiger partial charge in [0.15, 0.2) is 0 Å². The van der Waals surface area contributed by atoms with Crippen molar-refractivity contribution >= 4 is 35.1 Å². The van der Waals surface area contributed by atoms with Gasteiger partial charge in [0.1, 0.15) is 11.5 Å². The Bertz CT molecular complexity index is 1110. The summed E-state index contributed by atoms with van der Waals surface area (Å²) in [4.78, 5) is 21.1. The molecule has 11 heteroatoms. The van der Waals surface area contributed by atoms with Gasteiger partial charge in [0.05, 0.1) is 6.07 Å². The molecule has 3 atom stereocenters. The second-order valence-electron chi connectivity index (χ2n) is 8.01. The van der Waals surface area contributed by atoms with Gasteiger partial charge in [-0.15, -0.1) is 0 Å². The van der Waals surface area contributed by atoms with Gasteiger partial charge in [0.2, 0.25) is 0 Å². The van der Waals surface area contributed by atoms with Crippen LogP contribution in [0.3, 0.4) is 0 Å². The van der Waals surface area contributed by atoms with Gasteiger partial charge in [-0.2, -0.15) is 18.4 Å². The maximum Gasteiger partial charge on any atom is 0.490 e. The number of carboxylic acids is 2. The fourth-order valence-corrected chi connectivity index (χ4v) is 5.14. The molecule has 0 saturated carbocycles. The monoisotopic (exact) mass is 530 g/mol. The number of hydrogen-bond acceptors (Lipinski definition) is 4. The van der Waals surface area contributed by atoms with Crippen LogP contribution in [0, 0.1) is 11.3 Å². The highest BCUT2D eigenvalue weighted by Gasteiger charge is 2.65. The Kier molecular flexibility index (Phi) is 8.82. The molecule has 1 fully saturated rings. The SMILES string of the molecule is CCC1(CC)N[C@@H](C(=O)O)[C@H](c2cccc(Cl)c2)[C@@]1(C#N)c1ccc(Cl)cc1.O=C(O)C(F)(F)F. The van der Waals surface area contributed by atoms with Crippen molar-refractivity contribution in [3.63, 3.8) is 0 Å². The molecule has 0 aliphatic carbocycles. The van der Waals surface area contributed by atoms with Crippen molar-refractivity contribution in [3.05, 3.63) is 69.7 Å². The fraction of sp³-hybridized carbons (Fsp3) is 0.375. The number of alkyl halides is 3. The maximum absolute atomic E-state index is 12.3. The minimum Gasteiger partial charge on any atom is -0.480 e. The molecule has 6 nitrogen and oxygen atoms in total. The van der Waals surface area contributed by atoms with Gasteiger partial charge in [-0.3, -0.25) is 10.1 Å². The van der Waals surface area contributed by atoms with E-state index in [1.54, 1.807) is 30.3 Å². The molecule has 0 amide bonds.